The van der Waals surface area contributed by atoms with Gasteiger partial charge in [0.15, 0.2) is 0 Å². The second-order valence-electron chi connectivity index (χ2n) is 3.57. The largest absolute Gasteiger partial charge is 0.464 e. The average molecular weight is 195 g/mol. The van der Waals surface area contributed by atoms with Gasteiger partial charge < -0.3 is 9.30 Å². The van der Waals surface area contributed by atoms with E-state index in [2.05, 4.69) is 0 Å². The molecule has 0 aromatic carbocycles. The van der Waals surface area contributed by atoms with Crippen LogP contribution in [0, 0.1) is 5.92 Å². The lowest BCUT2D eigenvalue weighted by molar-refractivity contribution is -0.148. The highest BCUT2D eigenvalue weighted by Gasteiger charge is 2.24. The molecule has 1 rings (SSSR count). The maximum atomic E-state index is 11.6. The summed E-state index contributed by atoms with van der Waals surface area (Å²) in [7, 11) is 0. The molecule has 1 heterocycles. The Balaban J connectivity index is 2.80. The third-order valence-electron chi connectivity index (χ3n) is 2.11. The topological polar surface area (TPSA) is 31.2 Å². The smallest absolute Gasteiger partial charge is 0.329 e. The van der Waals surface area contributed by atoms with Crippen LogP contribution in [0.25, 0.3) is 0 Å². The molecule has 0 spiro atoms. The number of hydrogen-bond acceptors (Lipinski definition) is 2. The lowest BCUT2D eigenvalue weighted by Gasteiger charge is -2.20. The van der Waals surface area contributed by atoms with Crippen LogP contribution in [-0.2, 0) is 9.53 Å². The fourth-order valence-electron chi connectivity index (χ4n) is 1.50. The maximum Gasteiger partial charge on any atom is 0.329 e. The minimum Gasteiger partial charge on any atom is -0.464 e. The van der Waals surface area contributed by atoms with Crippen molar-refractivity contribution >= 4 is 5.97 Å². The molecular formula is C11H17NO2. The molecule has 78 valence electrons. The molecule has 0 aliphatic rings. The molecule has 3 heteroatoms. The summed E-state index contributed by atoms with van der Waals surface area (Å²) in [6.07, 6.45) is 3.78. The van der Waals surface area contributed by atoms with Gasteiger partial charge in [-0.15, -0.1) is 0 Å². The van der Waals surface area contributed by atoms with E-state index in [1.807, 2.05) is 49.9 Å². The molecule has 0 unspecified atom stereocenters. The first-order valence-electron chi connectivity index (χ1n) is 4.96. The zero-order chi connectivity index (χ0) is 10.6. The van der Waals surface area contributed by atoms with Gasteiger partial charge >= 0.3 is 5.97 Å². The van der Waals surface area contributed by atoms with Gasteiger partial charge in [-0.25, -0.2) is 4.79 Å². The van der Waals surface area contributed by atoms with E-state index in [1.165, 1.54) is 0 Å². The van der Waals surface area contributed by atoms with E-state index in [0.29, 0.717) is 6.61 Å². The van der Waals surface area contributed by atoms with Crippen LogP contribution in [0.3, 0.4) is 0 Å². The highest BCUT2D eigenvalue weighted by atomic mass is 16.5. The summed E-state index contributed by atoms with van der Waals surface area (Å²) >= 11 is 0. The molecule has 0 saturated heterocycles. The lowest BCUT2D eigenvalue weighted by Crippen LogP contribution is -2.25. The molecular weight excluding hydrogens is 178 g/mol. The molecule has 0 aliphatic carbocycles. The first-order chi connectivity index (χ1) is 6.66. The molecule has 0 fully saturated rings. The Bertz CT molecular complexity index is 277. The van der Waals surface area contributed by atoms with Crippen molar-refractivity contribution in [1.82, 2.24) is 4.57 Å². The summed E-state index contributed by atoms with van der Waals surface area (Å²) in [5.41, 5.74) is 0. The van der Waals surface area contributed by atoms with Crippen LogP contribution in [0.15, 0.2) is 24.5 Å². The van der Waals surface area contributed by atoms with Crippen LogP contribution in [0.5, 0.6) is 0 Å². The minimum atomic E-state index is -0.204. The molecule has 3 nitrogen and oxygen atoms in total. The fourth-order valence-corrected chi connectivity index (χ4v) is 1.50. The quantitative estimate of drug-likeness (QED) is 0.690. The van der Waals surface area contributed by atoms with Crippen molar-refractivity contribution < 1.29 is 9.53 Å². The van der Waals surface area contributed by atoms with Crippen molar-refractivity contribution in [1.29, 1.82) is 0 Å². The van der Waals surface area contributed by atoms with Crippen molar-refractivity contribution in [3.63, 3.8) is 0 Å². The van der Waals surface area contributed by atoms with E-state index in [-0.39, 0.29) is 17.9 Å². The first kappa shape index (κ1) is 10.8. The Labute approximate surface area is 84.7 Å². The number of nitrogens with zero attached hydrogens (tertiary/aromatic N) is 1. The molecule has 1 atom stereocenters. The second-order valence-corrected chi connectivity index (χ2v) is 3.57. The monoisotopic (exact) mass is 195 g/mol. The lowest BCUT2D eigenvalue weighted by atomic mass is 10.0. The fraction of sp³-hybridized carbons (Fsp3) is 0.545. The van der Waals surface area contributed by atoms with Gasteiger partial charge in [-0.3, -0.25) is 0 Å². The number of hydrogen-bond donors (Lipinski definition) is 0. The summed E-state index contributed by atoms with van der Waals surface area (Å²) in [5.74, 6) is 0.0835. The van der Waals surface area contributed by atoms with Crippen LogP contribution in [-0.4, -0.2) is 17.1 Å². The average Bonchev–Trinajstić information content (AvgIpc) is 2.57. The normalized spacial score (nSPS) is 12.9. The minimum absolute atomic E-state index is 0.154. The van der Waals surface area contributed by atoms with Crippen molar-refractivity contribution in [2.24, 2.45) is 5.92 Å². The van der Waals surface area contributed by atoms with Crippen LogP contribution in [0.1, 0.15) is 26.8 Å². The van der Waals surface area contributed by atoms with Crippen molar-refractivity contribution in [3.8, 4) is 0 Å². The highest BCUT2D eigenvalue weighted by molar-refractivity contribution is 5.74. The Morgan fingerprint density at radius 2 is 1.93 bits per heavy atom. The van der Waals surface area contributed by atoms with Crippen molar-refractivity contribution in [3.05, 3.63) is 24.5 Å². The van der Waals surface area contributed by atoms with E-state index in [4.69, 9.17) is 4.74 Å². The zero-order valence-electron chi connectivity index (χ0n) is 8.93. The van der Waals surface area contributed by atoms with Gasteiger partial charge in [0.25, 0.3) is 0 Å². The van der Waals surface area contributed by atoms with E-state index < -0.39 is 0 Å². The van der Waals surface area contributed by atoms with E-state index in [0.717, 1.165) is 0 Å². The summed E-state index contributed by atoms with van der Waals surface area (Å²) in [6.45, 7) is 6.29. The highest BCUT2D eigenvalue weighted by Crippen LogP contribution is 2.19. The molecule has 0 bridgehead atoms. The van der Waals surface area contributed by atoms with E-state index in [9.17, 15) is 4.79 Å². The van der Waals surface area contributed by atoms with Crippen molar-refractivity contribution in [2.75, 3.05) is 6.61 Å². The van der Waals surface area contributed by atoms with Crippen LogP contribution < -0.4 is 0 Å². The van der Waals surface area contributed by atoms with Crippen LogP contribution >= 0.6 is 0 Å². The zero-order valence-corrected chi connectivity index (χ0v) is 8.93. The van der Waals surface area contributed by atoms with Gasteiger partial charge in [0.05, 0.1) is 6.61 Å². The molecule has 1 aromatic heterocycles. The summed E-state index contributed by atoms with van der Waals surface area (Å²) in [5, 5.41) is 0. The number of esters is 1. The SMILES string of the molecule is CCOC(=O)[C@H](C(C)C)n1cccc1. The number of carbonyl (C=O) groups is 1. The van der Waals surface area contributed by atoms with E-state index >= 15 is 0 Å². The number of rotatable bonds is 4. The molecule has 0 saturated carbocycles. The number of carbonyl (C=O) groups excluding carboxylic acids is 1. The molecule has 0 aliphatic heterocycles. The number of aromatic nitrogens is 1. The third kappa shape index (κ3) is 2.37. The maximum absolute atomic E-state index is 11.6. The summed E-state index contributed by atoms with van der Waals surface area (Å²) in [4.78, 5) is 11.6. The van der Waals surface area contributed by atoms with Crippen LogP contribution in [0.4, 0.5) is 0 Å². The van der Waals surface area contributed by atoms with Crippen molar-refractivity contribution in [2.45, 2.75) is 26.8 Å². The first-order valence-corrected chi connectivity index (χ1v) is 4.96. The molecule has 0 N–H and O–H groups in total. The summed E-state index contributed by atoms with van der Waals surface area (Å²) in [6, 6.07) is 3.62. The van der Waals surface area contributed by atoms with E-state index in [1.54, 1.807) is 0 Å². The second kappa shape index (κ2) is 4.84. The predicted octanol–water partition coefficient (Wildman–Crippen LogP) is 2.25. The molecule has 1 aromatic rings. The van der Waals surface area contributed by atoms with Gasteiger partial charge in [-0.2, -0.15) is 0 Å². The van der Waals surface area contributed by atoms with Gasteiger partial charge in [0, 0.05) is 12.4 Å². The van der Waals surface area contributed by atoms with Gasteiger partial charge in [-0.1, -0.05) is 13.8 Å². The van der Waals surface area contributed by atoms with Crippen LogP contribution in [0.2, 0.25) is 0 Å². The summed E-state index contributed by atoms with van der Waals surface area (Å²) < 4.78 is 6.92. The number of ether oxygens (including phenoxy) is 1. The third-order valence-corrected chi connectivity index (χ3v) is 2.11. The standard InChI is InChI=1S/C11H17NO2/c1-4-14-11(13)10(9(2)3)12-7-5-6-8-12/h5-10H,4H2,1-3H3/t10-/m0/s1. The Morgan fingerprint density at radius 3 is 2.36 bits per heavy atom. The molecule has 0 amide bonds. The molecule has 14 heavy (non-hydrogen) atoms. The van der Waals surface area contributed by atoms with Gasteiger partial charge in [0.2, 0.25) is 0 Å². The Kier molecular flexibility index (Phi) is 3.74. The Morgan fingerprint density at radius 1 is 1.36 bits per heavy atom. The predicted molar refractivity (Wildman–Crippen MR) is 54.9 cm³/mol. The van der Waals surface area contributed by atoms with Gasteiger partial charge in [0.1, 0.15) is 6.04 Å². The molecule has 0 radical (unpaired) electrons. The Hall–Kier alpha value is -1.25. The van der Waals surface area contributed by atoms with Gasteiger partial charge in [-0.05, 0) is 25.0 Å².